The molecule has 0 radical (unpaired) electrons. The molecule has 0 saturated carbocycles. The number of anilines is 1. The number of hydrogen-bond donors (Lipinski definition) is 2. The van der Waals surface area contributed by atoms with Gasteiger partial charge < -0.3 is 20.3 Å². The molecular weight excluding hydrogens is 284 g/mol. The molecule has 1 atom stereocenters. The number of amides is 3. The van der Waals surface area contributed by atoms with Crippen LogP contribution in [0, 0.1) is 0 Å². The topological polar surface area (TPSA) is 83.6 Å². The molecule has 0 unspecified atom stereocenters. The summed E-state index contributed by atoms with van der Waals surface area (Å²) in [5.74, 6) is 0.260. The maximum atomic E-state index is 12.5. The molecule has 1 aromatic rings. The van der Waals surface area contributed by atoms with Gasteiger partial charge in [-0.25, -0.2) is 9.78 Å². The monoisotopic (exact) mass is 306 g/mol. The first kappa shape index (κ1) is 16.1. The smallest absolute Gasteiger partial charge is 0.322 e. The highest BCUT2D eigenvalue weighted by molar-refractivity contribution is 5.95. The molecule has 0 aliphatic carbocycles. The summed E-state index contributed by atoms with van der Waals surface area (Å²) in [4.78, 5) is 30.2. The standard InChI is InChI=1S/C15H22N4O3/c1-3-4-7-12-13(20)16-9-10-19(12)15(21)18-11-6-5-8-17-14(11)22-2/h5-6,8,12H,3-4,7,9-10H2,1-2H3,(H,16,20)(H,18,21)/t12-/m0/s1. The normalized spacial score (nSPS) is 17.8. The van der Waals surface area contributed by atoms with Crippen molar-refractivity contribution in [3.8, 4) is 5.88 Å². The quantitative estimate of drug-likeness (QED) is 0.865. The minimum Gasteiger partial charge on any atom is -0.480 e. The first-order valence-electron chi connectivity index (χ1n) is 7.51. The Morgan fingerprint density at radius 2 is 2.41 bits per heavy atom. The number of aromatic nitrogens is 1. The summed E-state index contributed by atoms with van der Waals surface area (Å²) in [5, 5.41) is 5.59. The average Bonchev–Trinajstić information content (AvgIpc) is 2.54. The number of unbranched alkanes of at least 4 members (excludes halogenated alkanes) is 1. The SMILES string of the molecule is CCCC[C@H]1C(=O)NCCN1C(=O)Nc1cccnc1OC. The van der Waals surface area contributed by atoms with Crippen molar-refractivity contribution in [3.05, 3.63) is 18.3 Å². The first-order valence-corrected chi connectivity index (χ1v) is 7.51. The largest absolute Gasteiger partial charge is 0.480 e. The van der Waals surface area contributed by atoms with Crippen LogP contribution in [0.1, 0.15) is 26.2 Å². The van der Waals surface area contributed by atoms with Crippen LogP contribution >= 0.6 is 0 Å². The molecule has 2 heterocycles. The zero-order chi connectivity index (χ0) is 15.9. The summed E-state index contributed by atoms with van der Waals surface area (Å²) >= 11 is 0. The maximum Gasteiger partial charge on any atom is 0.322 e. The molecular formula is C15H22N4O3. The van der Waals surface area contributed by atoms with E-state index in [2.05, 4.69) is 22.5 Å². The van der Waals surface area contributed by atoms with Gasteiger partial charge in [0, 0.05) is 19.3 Å². The second-order valence-electron chi connectivity index (χ2n) is 5.13. The highest BCUT2D eigenvalue weighted by Crippen LogP contribution is 2.21. The van der Waals surface area contributed by atoms with Crippen molar-refractivity contribution in [1.29, 1.82) is 0 Å². The molecule has 0 bridgehead atoms. The molecule has 1 aliphatic rings. The van der Waals surface area contributed by atoms with Gasteiger partial charge in [-0.3, -0.25) is 4.79 Å². The molecule has 2 N–H and O–H groups in total. The molecule has 0 aromatic carbocycles. The van der Waals surface area contributed by atoms with Crippen molar-refractivity contribution in [2.75, 3.05) is 25.5 Å². The molecule has 7 nitrogen and oxygen atoms in total. The van der Waals surface area contributed by atoms with Gasteiger partial charge in [0.05, 0.1) is 7.11 Å². The van der Waals surface area contributed by atoms with Gasteiger partial charge in [0.2, 0.25) is 11.8 Å². The van der Waals surface area contributed by atoms with E-state index in [1.165, 1.54) is 7.11 Å². The molecule has 7 heteroatoms. The zero-order valence-electron chi connectivity index (χ0n) is 13.0. The van der Waals surface area contributed by atoms with Crippen molar-refractivity contribution in [2.24, 2.45) is 0 Å². The molecule has 1 fully saturated rings. The van der Waals surface area contributed by atoms with Crippen LogP contribution in [0.4, 0.5) is 10.5 Å². The molecule has 120 valence electrons. The van der Waals surface area contributed by atoms with Crippen LogP contribution in [0.15, 0.2) is 18.3 Å². The lowest BCUT2D eigenvalue weighted by Crippen LogP contribution is -2.58. The summed E-state index contributed by atoms with van der Waals surface area (Å²) in [6.07, 6.45) is 4.14. The van der Waals surface area contributed by atoms with Gasteiger partial charge in [-0.1, -0.05) is 19.8 Å². The number of pyridine rings is 1. The average molecular weight is 306 g/mol. The number of nitrogens with zero attached hydrogens (tertiary/aromatic N) is 2. The fraction of sp³-hybridized carbons (Fsp3) is 0.533. The third-order valence-electron chi connectivity index (χ3n) is 3.63. The van der Waals surface area contributed by atoms with E-state index in [4.69, 9.17) is 4.74 Å². The predicted octanol–water partition coefficient (Wildman–Crippen LogP) is 1.61. The van der Waals surface area contributed by atoms with Crippen LogP contribution < -0.4 is 15.4 Å². The highest BCUT2D eigenvalue weighted by Gasteiger charge is 2.32. The number of ether oxygens (including phenoxy) is 1. The van der Waals surface area contributed by atoms with E-state index < -0.39 is 6.04 Å². The van der Waals surface area contributed by atoms with Crippen LogP contribution in [0.25, 0.3) is 0 Å². The van der Waals surface area contributed by atoms with Crippen molar-refractivity contribution in [3.63, 3.8) is 0 Å². The van der Waals surface area contributed by atoms with Gasteiger partial charge in [-0.2, -0.15) is 0 Å². The Morgan fingerprint density at radius 1 is 1.59 bits per heavy atom. The van der Waals surface area contributed by atoms with Crippen molar-refractivity contribution in [2.45, 2.75) is 32.2 Å². The summed E-state index contributed by atoms with van der Waals surface area (Å²) in [6, 6.07) is 2.71. The second kappa shape index (κ2) is 7.63. The maximum absolute atomic E-state index is 12.5. The Kier molecular flexibility index (Phi) is 5.57. The van der Waals surface area contributed by atoms with Crippen molar-refractivity contribution in [1.82, 2.24) is 15.2 Å². The van der Waals surface area contributed by atoms with Crippen LogP contribution in [0.5, 0.6) is 5.88 Å². The Hall–Kier alpha value is -2.31. The highest BCUT2D eigenvalue weighted by atomic mass is 16.5. The van der Waals surface area contributed by atoms with Gasteiger partial charge in [-0.05, 0) is 18.6 Å². The van der Waals surface area contributed by atoms with E-state index in [1.54, 1.807) is 23.2 Å². The lowest BCUT2D eigenvalue weighted by molar-refractivity contribution is -0.127. The van der Waals surface area contributed by atoms with E-state index in [1.807, 2.05) is 0 Å². The number of piperazine rings is 1. The Labute approximate surface area is 130 Å². The molecule has 0 spiro atoms. The van der Waals surface area contributed by atoms with Gasteiger partial charge in [0.25, 0.3) is 0 Å². The molecule has 1 saturated heterocycles. The Balaban J connectivity index is 2.10. The predicted molar refractivity (Wildman–Crippen MR) is 82.8 cm³/mol. The lowest BCUT2D eigenvalue weighted by atomic mass is 10.1. The molecule has 1 aromatic heterocycles. The number of rotatable bonds is 5. The number of nitrogens with one attached hydrogen (secondary N) is 2. The minimum absolute atomic E-state index is 0.0898. The van der Waals surface area contributed by atoms with Gasteiger partial charge in [0.1, 0.15) is 11.7 Å². The lowest BCUT2D eigenvalue weighted by Gasteiger charge is -2.35. The number of carbonyl (C=O) groups is 2. The minimum atomic E-state index is -0.420. The number of carbonyl (C=O) groups excluding carboxylic acids is 2. The number of urea groups is 1. The number of methoxy groups -OCH3 is 1. The van der Waals surface area contributed by atoms with Crippen molar-refractivity contribution < 1.29 is 14.3 Å². The van der Waals surface area contributed by atoms with Crippen molar-refractivity contribution >= 4 is 17.6 Å². The van der Waals surface area contributed by atoms with Gasteiger partial charge in [-0.15, -0.1) is 0 Å². The van der Waals surface area contributed by atoms with E-state index in [-0.39, 0.29) is 11.9 Å². The van der Waals surface area contributed by atoms with E-state index in [9.17, 15) is 9.59 Å². The molecule has 3 amide bonds. The summed E-state index contributed by atoms with van der Waals surface area (Å²) in [7, 11) is 1.50. The fourth-order valence-electron chi connectivity index (χ4n) is 2.48. The van der Waals surface area contributed by atoms with Gasteiger partial charge in [0.15, 0.2) is 0 Å². The molecule has 2 rings (SSSR count). The van der Waals surface area contributed by atoms with Gasteiger partial charge >= 0.3 is 6.03 Å². The van der Waals surface area contributed by atoms with E-state index in [0.29, 0.717) is 31.1 Å². The summed E-state index contributed by atoms with van der Waals surface area (Å²) in [5.41, 5.74) is 0.496. The van der Waals surface area contributed by atoms with Crippen LogP contribution in [-0.2, 0) is 4.79 Å². The fourth-order valence-corrected chi connectivity index (χ4v) is 2.48. The zero-order valence-corrected chi connectivity index (χ0v) is 13.0. The van der Waals surface area contributed by atoms with Crippen LogP contribution in [-0.4, -0.2) is 48.1 Å². The summed E-state index contributed by atoms with van der Waals surface area (Å²) in [6.45, 7) is 3.03. The number of hydrogen-bond acceptors (Lipinski definition) is 4. The molecule has 1 aliphatic heterocycles. The third-order valence-corrected chi connectivity index (χ3v) is 3.63. The summed E-state index contributed by atoms with van der Waals surface area (Å²) < 4.78 is 5.12. The van der Waals surface area contributed by atoms with Crippen LogP contribution in [0.3, 0.4) is 0 Å². The van der Waals surface area contributed by atoms with Crippen LogP contribution in [0.2, 0.25) is 0 Å². The Morgan fingerprint density at radius 3 is 3.14 bits per heavy atom. The van der Waals surface area contributed by atoms with E-state index >= 15 is 0 Å². The first-order chi connectivity index (χ1) is 10.7. The Bertz CT molecular complexity index is 535. The third kappa shape index (κ3) is 3.66. The second-order valence-corrected chi connectivity index (χ2v) is 5.13. The molecule has 22 heavy (non-hydrogen) atoms. The van der Waals surface area contributed by atoms with E-state index in [0.717, 1.165) is 12.8 Å².